The van der Waals surface area contributed by atoms with Gasteiger partial charge in [0.15, 0.2) is 0 Å². The fourth-order valence-corrected chi connectivity index (χ4v) is 3.09. The smallest absolute Gasteiger partial charge is 0.121 e. The average molecular weight is 304 g/mol. The topological polar surface area (TPSA) is 9.23 Å². The van der Waals surface area contributed by atoms with Crippen LogP contribution >= 0.6 is 11.3 Å². The third-order valence-electron chi connectivity index (χ3n) is 3.35. The highest BCUT2D eigenvalue weighted by atomic mass is 32.1. The molecule has 0 saturated carbocycles. The van der Waals surface area contributed by atoms with E-state index in [9.17, 15) is 0 Å². The van der Waals surface area contributed by atoms with Gasteiger partial charge in [0.25, 0.3) is 0 Å². The van der Waals surface area contributed by atoms with Gasteiger partial charge in [0.1, 0.15) is 12.4 Å². The molecule has 0 bridgehead atoms. The summed E-state index contributed by atoms with van der Waals surface area (Å²) in [5.74, 6) is 3.51. The molecule has 1 heterocycles. The van der Waals surface area contributed by atoms with Crippen molar-refractivity contribution in [1.82, 2.24) is 0 Å². The first kappa shape index (κ1) is 14.4. The van der Waals surface area contributed by atoms with Crippen LogP contribution in [-0.4, -0.2) is 0 Å². The highest BCUT2D eigenvalue weighted by molar-refractivity contribution is 7.15. The molecule has 0 fully saturated rings. The first-order valence-corrected chi connectivity index (χ1v) is 7.91. The minimum absolute atomic E-state index is 0.539. The Morgan fingerprint density at radius 1 is 1.05 bits per heavy atom. The zero-order chi connectivity index (χ0) is 15.4. The number of hydrogen-bond donors (Lipinski definition) is 0. The van der Waals surface area contributed by atoms with Gasteiger partial charge in [-0.3, -0.25) is 0 Å². The van der Waals surface area contributed by atoms with Crippen LogP contribution in [0.15, 0.2) is 60.7 Å². The summed E-state index contributed by atoms with van der Waals surface area (Å²) in [6, 6.07) is 20.3. The number of terminal acetylenes is 1. The van der Waals surface area contributed by atoms with E-state index >= 15 is 0 Å². The van der Waals surface area contributed by atoms with E-state index in [1.807, 2.05) is 30.3 Å². The summed E-state index contributed by atoms with van der Waals surface area (Å²) in [4.78, 5) is 2.49. The average Bonchev–Trinajstić information content (AvgIpc) is 3.00. The van der Waals surface area contributed by atoms with Crippen LogP contribution < -0.4 is 4.74 Å². The number of hydrogen-bond acceptors (Lipinski definition) is 2. The Bertz CT molecular complexity index is 809. The lowest BCUT2D eigenvalue weighted by Crippen LogP contribution is -1.95. The zero-order valence-electron chi connectivity index (χ0n) is 12.4. The van der Waals surface area contributed by atoms with Crippen LogP contribution in [0.25, 0.3) is 10.4 Å². The van der Waals surface area contributed by atoms with Crippen LogP contribution in [0, 0.1) is 19.3 Å². The molecule has 1 aromatic heterocycles. The van der Waals surface area contributed by atoms with Crippen LogP contribution in [0.3, 0.4) is 0 Å². The van der Waals surface area contributed by atoms with E-state index in [2.05, 4.69) is 43.2 Å². The Hall–Kier alpha value is -2.50. The molecule has 108 valence electrons. The van der Waals surface area contributed by atoms with Crippen LogP contribution in [-0.2, 0) is 6.61 Å². The maximum atomic E-state index is 5.91. The molecule has 3 rings (SSSR count). The summed E-state index contributed by atoms with van der Waals surface area (Å²) < 4.78 is 5.91. The van der Waals surface area contributed by atoms with E-state index < -0.39 is 0 Å². The number of aryl methyl sites for hydroxylation is 1. The van der Waals surface area contributed by atoms with Crippen molar-refractivity contribution in [3.8, 4) is 28.5 Å². The van der Waals surface area contributed by atoms with Gasteiger partial charge in [0.05, 0.1) is 0 Å². The number of ether oxygens (including phenoxy) is 1. The lowest BCUT2D eigenvalue weighted by Gasteiger charge is -2.09. The van der Waals surface area contributed by atoms with Gasteiger partial charge in [-0.05, 0) is 48.4 Å². The summed E-state index contributed by atoms with van der Waals surface area (Å²) in [6.07, 6.45) is 5.58. The van der Waals surface area contributed by atoms with Crippen molar-refractivity contribution >= 4 is 11.3 Å². The quantitative estimate of drug-likeness (QED) is 0.596. The van der Waals surface area contributed by atoms with E-state index in [1.54, 1.807) is 11.3 Å². The number of benzene rings is 2. The van der Waals surface area contributed by atoms with Crippen LogP contribution in [0.1, 0.15) is 16.0 Å². The number of rotatable bonds is 4. The molecule has 0 atom stereocenters. The summed E-state index contributed by atoms with van der Waals surface area (Å²) in [7, 11) is 0. The maximum absolute atomic E-state index is 5.91. The third-order valence-corrected chi connectivity index (χ3v) is 4.40. The lowest BCUT2D eigenvalue weighted by atomic mass is 10.1. The fraction of sp³-hybridized carbons (Fsp3) is 0.100. The normalized spacial score (nSPS) is 10.2. The maximum Gasteiger partial charge on any atom is 0.121 e. The molecule has 0 radical (unpaired) electrons. The molecule has 2 aromatic carbocycles. The highest BCUT2D eigenvalue weighted by Gasteiger charge is 2.06. The van der Waals surface area contributed by atoms with E-state index in [0.29, 0.717) is 6.61 Å². The summed E-state index contributed by atoms with van der Waals surface area (Å²) in [6.45, 7) is 2.64. The molecule has 2 heteroatoms. The molecule has 1 nitrogen and oxygen atoms in total. The Balaban J connectivity index is 1.86. The summed E-state index contributed by atoms with van der Waals surface area (Å²) >= 11 is 1.76. The standard InChI is InChI=1S/C20H16OS/c1-3-16-11-18(20-10-9-15(2)22-20)13-19(12-16)21-14-17-7-5-4-6-8-17/h1,4-13H,14H2,2H3. The first-order valence-electron chi connectivity index (χ1n) is 7.10. The van der Waals surface area contributed by atoms with Gasteiger partial charge in [-0.2, -0.15) is 0 Å². The van der Waals surface area contributed by atoms with Crippen molar-refractivity contribution in [2.45, 2.75) is 13.5 Å². The second-order valence-corrected chi connectivity index (χ2v) is 6.36. The van der Waals surface area contributed by atoms with Gasteiger partial charge < -0.3 is 4.74 Å². The van der Waals surface area contributed by atoms with Crippen LogP contribution in [0.4, 0.5) is 0 Å². The monoisotopic (exact) mass is 304 g/mol. The molecule has 3 aromatic rings. The predicted molar refractivity (Wildman–Crippen MR) is 93.2 cm³/mol. The van der Waals surface area contributed by atoms with E-state index in [-0.39, 0.29) is 0 Å². The van der Waals surface area contributed by atoms with Crippen molar-refractivity contribution in [3.63, 3.8) is 0 Å². The minimum atomic E-state index is 0.539. The van der Waals surface area contributed by atoms with Gasteiger partial charge in [0.2, 0.25) is 0 Å². The van der Waals surface area contributed by atoms with Gasteiger partial charge in [-0.25, -0.2) is 0 Å². The molecule has 0 aliphatic rings. The van der Waals surface area contributed by atoms with E-state index in [4.69, 9.17) is 11.2 Å². The van der Waals surface area contributed by atoms with Crippen molar-refractivity contribution in [1.29, 1.82) is 0 Å². The Kier molecular flexibility index (Phi) is 4.27. The van der Waals surface area contributed by atoms with Gasteiger partial charge >= 0.3 is 0 Å². The molecule has 0 amide bonds. The number of thiophene rings is 1. The molecule has 0 aliphatic heterocycles. The van der Waals surface area contributed by atoms with Crippen molar-refractivity contribution in [2.75, 3.05) is 0 Å². The molecular formula is C20H16OS. The van der Waals surface area contributed by atoms with Gasteiger partial charge in [-0.15, -0.1) is 17.8 Å². The Labute approximate surface area is 135 Å². The predicted octanol–water partition coefficient (Wildman–Crippen LogP) is 5.28. The van der Waals surface area contributed by atoms with Crippen LogP contribution in [0.5, 0.6) is 5.75 Å². The molecule has 0 aliphatic carbocycles. The molecule has 22 heavy (non-hydrogen) atoms. The zero-order valence-corrected chi connectivity index (χ0v) is 13.2. The van der Waals surface area contributed by atoms with E-state index in [0.717, 1.165) is 22.4 Å². The largest absolute Gasteiger partial charge is 0.489 e. The van der Waals surface area contributed by atoms with Crippen molar-refractivity contribution < 1.29 is 4.74 Å². The first-order chi connectivity index (χ1) is 10.7. The fourth-order valence-electron chi connectivity index (χ4n) is 2.24. The van der Waals surface area contributed by atoms with Gasteiger partial charge in [-0.1, -0.05) is 36.3 Å². The molecular weight excluding hydrogens is 288 g/mol. The molecule has 0 saturated heterocycles. The van der Waals surface area contributed by atoms with Crippen LogP contribution in [0.2, 0.25) is 0 Å². The minimum Gasteiger partial charge on any atom is -0.489 e. The van der Waals surface area contributed by atoms with Crippen molar-refractivity contribution in [2.24, 2.45) is 0 Å². The Morgan fingerprint density at radius 2 is 1.86 bits per heavy atom. The van der Waals surface area contributed by atoms with Crippen molar-refractivity contribution in [3.05, 3.63) is 76.7 Å². The van der Waals surface area contributed by atoms with E-state index in [1.165, 1.54) is 9.75 Å². The summed E-state index contributed by atoms with van der Waals surface area (Å²) in [5, 5.41) is 0. The van der Waals surface area contributed by atoms with Gasteiger partial charge in [0, 0.05) is 15.3 Å². The molecule has 0 spiro atoms. The lowest BCUT2D eigenvalue weighted by molar-refractivity contribution is 0.306. The summed E-state index contributed by atoms with van der Waals surface area (Å²) in [5.41, 5.74) is 3.09. The second kappa shape index (κ2) is 6.51. The third kappa shape index (κ3) is 3.39. The Morgan fingerprint density at radius 3 is 2.55 bits per heavy atom. The highest BCUT2D eigenvalue weighted by Crippen LogP contribution is 2.31. The molecule has 0 unspecified atom stereocenters. The SMILES string of the molecule is C#Cc1cc(OCc2ccccc2)cc(-c2ccc(C)s2)c1. The molecule has 0 N–H and O–H groups in total. The second-order valence-electron chi connectivity index (χ2n) is 5.07.